The number of carbonyl (C=O) groups is 1. The predicted octanol–water partition coefficient (Wildman–Crippen LogP) is 2.87. The van der Waals surface area contributed by atoms with Gasteiger partial charge in [0.05, 0.1) is 10.6 Å². The molecule has 1 amide bonds. The second-order valence-electron chi connectivity index (χ2n) is 6.01. The van der Waals surface area contributed by atoms with Gasteiger partial charge in [0.25, 0.3) is 15.9 Å². The van der Waals surface area contributed by atoms with E-state index in [9.17, 15) is 13.2 Å². The molecule has 0 spiro atoms. The zero-order valence-electron chi connectivity index (χ0n) is 15.7. The van der Waals surface area contributed by atoms with Gasteiger partial charge in [-0.1, -0.05) is 31.2 Å². The molecule has 3 N–H and O–H groups in total. The Hall–Kier alpha value is -2.09. The smallest absolute Gasteiger partial charge is 0.261 e. The molecular weight excluding hydrogens is 386 g/mol. The van der Waals surface area contributed by atoms with Gasteiger partial charge >= 0.3 is 0 Å². The highest BCUT2D eigenvalue weighted by Crippen LogP contribution is 2.21. The molecule has 0 radical (unpaired) electrons. The van der Waals surface area contributed by atoms with Crippen molar-refractivity contribution in [2.24, 2.45) is 0 Å². The Labute approximate surface area is 167 Å². The van der Waals surface area contributed by atoms with Crippen LogP contribution in [0, 0.1) is 13.8 Å². The van der Waals surface area contributed by atoms with Crippen LogP contribution < -0.4 is 15.4 Å². The van der Waals surface area contributed by atoms with Crippen LogP contribution in [0.5, 0.6) is 0 Å². The molecule has 0 aromatic heterocycles. The Kier molecular flexibility index (Phi) is 8.75. The Bertz CT molecular complexity index is 886. The number of carbonyl (C=O) groups excluding carboxylic acids is 1. The van der Waals surface area contributed by atoms with E-state index in [4.69, 9.17) is 0 Å². The minimum atomic E-state index is -3.78. The third-order valence-electron chi connectivity index (χ3n) is 3.99. The van der Waals surface area contributed by atoms with Crippen LogP contribution in [0.2, 0.25) is 0 Å². The van der Waals surface area contributed by atoms with Gasteiger partial charge in [0.15, 0.2) is 0 Å². The number of likely N-dealkylation sites (N-methyl/N-ethyl adjacent to an activating group) is 1. The number of anilines is 1. The standard InChI is InChI=1S/C19H25N3O3S.ClH/c1-4-20-11-12-21-19(23)17-13-16(10-9-14(17)2)26(24,25)22-18-8-6-5-7-15(18)3;/h5-10,13,20,22H,4,11-12H2,1-3H3,(H,21,23);1H. The summed E-state index contributed by atoms with van der Waals surface area (Å²) in [6.45, 7) is 7.56. The lowest BCUT2D eigenvalue weighted by Crippen LogP contribution is -2.32. The molecule has 2 rings (SSSR count). The summed E-state index contributed by atoms with van der Waals surface area (Å²) in [5.74, 6) is -0.284. The van der Waals surface area contributed by atoms with Crippen LogP contribution in [0.15, 0.2) is 47.4 Å². The first-order valence-corrected chi connectivity index (χ1v) is 10.0. The Morgan fingerprint density at radius 3 is 2.37 bits per heavy atom. The van der Waals surface area contributed by atoms with Crippen LogP contribution >= 0.6 is 12.4 Å². The van der Waals surface area contributed by atoms with Gasteiger partial charge in [0.1, 0.15) is 0 Å². The fraction of sp³-hybridized carbons (Fsp3) is 0.316. The largest absolute Gasteiger partial charge is 0.351 e. The van der Waals surface area contributed by atoms with E-state index in [2.05, 4.69) is 15.4 Å². The third-order valence-corrected chi connectivity index (χ3v) is 5.35. The fourth-order valence-corrected chi connectivity index (χ4v) is 3.60. The quantitative estimate of drug-likeness (QED) is 0.583. The topological polar surface area (TPSA) is 87.3 Å². The van der Waals surface area contributed by atoms with E-state index in [0.717, 1.165) is 17.7 Å². The number of hydrogen-bond acceptors (Lipinski definition) is 4. The van der Waals surface area contributed by atoms with Gasteiger partial charge in [-0.3, -0.25) is 9.52 Å². The number of hydrogen-bond donors (Lipinski definition) is 3. The molecule has 0 aliphatic rings. The van der Waals surface area contributed by atoms with Crippen molar-refractivity contribution in [2.75, 3.05) is 24.4 Å². The van der Waals surface area contributed by atoms with Gasteiger partial charge in [0.2, 0.25) is 0 Å². The first-order valence-electron chi connectivity index (χ1n) is 8.53. The van der Waals surface area contributed by atoms with Gasteiger partial charge in [-0.05, 0) is 49.7 Å². The molecular formula is C19H26ClN3O3S. The first-order chi connectivity index (χ1) is 12.3. The van der Waals surface area contributed by atoms with Gasteiger partial charge in [-0.25, -0.2) is 8.42 Å². The van der Waals surface area contributed by atoms with E-state index in [1.807, 2.05) is 26.0 Å². The predicted molar refractivity (Wildman–Crippen MR) is 111 cm³/mol. The number of nitrogens with one attached hydrogen (secondary N) is 3. The van der Waals surface area contributed by atoms with Crippen molar-refractivity contribution in [2.45, 2.75) is 25.7 Å². The maximum absolute atomic E-state index is 12.7. The average Bonchev–Trinajstić information content (AvgIpc) is 2.60. The van der Waals surface area contributed by atoms with Crippen LogP contribution in [-0.4, -0.2) is 34.0 Å². The number of halogens is 1. The van der Waals surface area contributed by atoms with Crippen molar-refractivity contribution in [1.82, 2.24) is 10.6 Å². The van der Waals surface area contributed by atoms with E-state index in [0.29, 0.717) is 24.3 Å². The molecule has 2 aromatic carbocycles. The second-order valence-corrected chi connectivity index (χ2v) is 7.69. The van der Waals surface area contributed by atoms with Gasteiger partial charge < -0.3 is 10.6 Å². The van der Waals surface area contributed by atoms with Crippen molar-refractivity contribution in [3.63, 3.8) is 0 Å². The molecule has 2 aromatic rings. The number of para-hydroxylation sites is 1. The molecule has 0 bridgehead atoms. The first kappa shape index (κ1) is 23.0. The lowest BCUT2D eigenvalue weighted by Gasteiger charge is -2.13. The van der Waals surface area contributed by atoms with Crippen molar-refractivity contribution in [3.05, 3.63) is 59.2 Å². The lowest BCUT2D eigenvalue weighted by atomic mass is 10.1. The van der Waals surface area contributed by atoms with Crippen LogP contribution in [0.1, 0.15) is 28.4 Å². The van der Waals surface area contributed by atoms with E-state index in [1.54, 1.807) is 25.1 Å². The summed E-state index contributed by atoms with van der Waals surface area (Å²) < 4.78 is 28.0. The van der Waals surface area contributed by atoms with Crippen LogP contribution in [0.3, 0.4) is 0 Å². The highest BCUT2D eigenvalue weighted by molar-refractivity contribution is 7.92. The Balaban J connectivity index is 0.00000364. The number of aryl methyl sites for hydroxylation is 2. The summed E-state index contributed by atoms with van der Waals surface area (Å²) in [5, 5.41) is 5.91. The van der Waals surface area contributed by atoms with E-state index >= 15 is 0 Å². The minimum absolute atomic E-state index is 0. The Morgan fingerprint density at radius 2 is 1.70 bits per heavy atom. The highest BCUT2D eigenvalue weighted by Gasteiger charge is 2.18. The molecule has 0 aliphatic heterocycles. The number of rotatable bonds is 8. The van der Waals surface area contributed by atoms with Gasteiger partial charge in [0, 0.05) is 18.7 Å². The lowest BCUT2D eigenvalue weighted by molar-refractivity contribution is 0.0953. The average molecular weight is 412 g/mol. The van der Waals surface area contributed by atoms with Crippen LogP contribution in [0.4, 0.5) is 5.69 Å². The molecule has 0 fully saturated rings. The summed E-state index contributed by atoms with van der Waals surface area (Å²) in [4.78, 5) is 12.4. The summed E-state index contributed by atoms with van der Waals surface area (Å²) in [6.07, 6.45) is 0. The van der Waals surface area contributed by atoms with Crippen LogP contribution in [-0.2, 0) is 10.0 Å². The molecule has 6 nitrogen and oxygen atoms in total. The molecule has 148 valence electrons. The summed E-state index contributed by atoms with van der Waals surface area (Å²) in [7, 11) is -3.78. The van der Waals surface area contributed by atoms with Crippen molar-refractivity contribution in [1.29, 1.82) is 0 Å². The van der Waals surface area contributed by atoms with Gasteiger partial charge in [-0.15, -0.1) is 12.4 Å². The monoisotopic (exact) mass is 411 g/mol. The maximum atomic E-state index is 12.7. The zero-order valence-corrected chi connectivity index (χ0v) is 17.3. The minimum Gasteiger partial charge on any atom is -0.351 e. The SMILES string of the molecule is CCNCCNC(=O)c1cc(S(=O)(=O)Nc2ccccc2C)ccc1C.Cl. The number of sulfonamides is 1. The molecule has 0 saturated carbocycles. The van der Waals surface area contributed by atoms with Crippen molar-refractivity contribution < 1.29 is 13.2 Å². The molecule has 0 heterocycles. The molecule has 0 atom stereocenters. The van der Waals surface area contributed by atoms with Crippen molar-refractivity contribution in [3.8, 4) is 0 Å². The number of amides is 1. The zero-order chi connectivity index (χ0) is 19.2. The van der Waals surface area contributed by atoms with E-state index < -0.39 is 10.0 Å². The van der Waals surface area contributed by atoms with Crippen LogP contribution in [0.25, 0.3) is 0 Å². The fourth-order valence-electron chi connectivity index (χ4n) is 2.44. The molecule has 0 saturated heterocycles. The van der Waals surface area contributed by atoms with Gasteiger partial charge in [-0.2, -0.15) is 0 Å². The Morgan fingerprint density at radius 1 is 1.00 bits per heavy atom. The summed E-state index contributed by atoms with van der Waals surface area (Å²) in [5.41, 5.74) is 2.42. The maximum Gasteiger partial charge on any atom is 0.261 e. The van der Waals surface area contributed by atoms with E-state index in [-0.39, 0.29) is 23.2 Å². The second kappa shape index (κ2) is 10.3. The molecule has 0 unspecified atom stereocenters. The normalized spacial score (nSPS) is 10.8. The molecule has 8 heteroatoms. The number of benzene rings is 2. The summed E-state index contributed by atoms with van der Waals surface area (Å²) in [6, 6.07) is 11.7. The molecule has 0 aliphatic carbocycles. The highest BCUT2D eigenvalue weighted by atomic mass is 35.5. The third kappa shape index (κ3) is 6.23. The van der Waals surface area contributed by atoms with Crippen molar-refractivity contribution >= 4 is 34.0 Å². The molecule has 27 heavy (non-hydrogen) atoms. The summed E-state index contributed by atoms with van der Waals surface area (Å²) >= 11 is 0. The van der Waals surface area contributed by atoms with E-state index in [1.165, 1.54) is 12.1 Å².